The maximum atomic E-state index is 11.8. The second-order valence-electron chi connectivity index (χ2n) is 4.00. The first-order valence-electron chi connectivity index (χ1n) is 5.83. The highest BCUT2D eigenvalue weighted by Gasteiger charge is 2.03. The minimum Gasteiger partial charge on any atom is -0.352 e. The van der Waals surface area contributed by atoms with Gasteiger partial charge in [-0.3, -0.25) is 4.79 Å². The van der Waals surface area contributed by atoms with Crippen molar-refractivity contribution in [2.24, 2.45) is 0 Å². The van der Waals surface area contributed by atoms with Crippen LogP contribution in [0.5, 0.6) is 0 Å². The van der Waals surface area contributed by atoms with E-state index in [2.05, 4.69) is 33.4 Å². The molecule has 18 heavy (non-hydrogen) atoms. The quantitative estimate of drug-likeness (QED) is 0.921. The molecule has 0 aliphatic carbocycles. The van der Waals surface area contributed by atoms with E-state index in [0.29, 0.717) is 12.1 Å². The largest absolute Gasteiger partial charge is 0.352 e. The molecule has 0 aromatic heterocycles. The van der Waals surface area contributed by atoms with Crippen molar-refractivity contribution >= 4 is 21.8 Å². The Morgan fingerprint density at radius 3 is 2.56 bits per heavy atom. The van der Waals surface area contributed by atoms with Gasteiger partial charge in [-0.1, -0.05) is 46.3 Å². The maximum Gasteiger partial charge on any atom is 0.251 e. The summed E-state index contributed by atoms with van der Waals surface area (Å²) < 4.78 is 1.06. The van der Waals surface area contributed by atoms with Crippen LogP contribution in [-0.4, -0.2) is 12.5 Å². The molecule has 1 N–H and O–H groups in total. The predicted molar refractivity (Wildman–Crippen MR) is 76.6 cm³/mol. The summed E-state index contributed by atoms with van der Waals surface area (Å²) in [5.41, 5.74) is 1.91. The first-order valence-corrected chi connectivity index (χ1v) is 6.63. The molecule has 3 heteroatoms. The van der Waals surface area contributed by atoms with Crippen molar-refractivity contribution in [3.63, 3.8) is 0 Å². The highest BCUT2D eigenvalue weighted by atomic mass is 79.9. The van der Waals surface area contributed by atoms with Crippen molar-refractivity contribution in [3.05, 3.63) is 70.2 Å². The number of hydrogen-bond donors (Lipinski definition) is 1. The van der Waals surface area contributed by atoms with Gasteiger partial charge in [-0.15, -0.1) is 0 Å². The number of rotatable bonds is 4. The highest BCUT2D eigenvalue weighted by Crippen LogP contribution is 2.11. The van der Waals surface area contributed by atoms with Gasteiger partial charge in [0.15, 0.2) is 0 Å². The van der Waals surface area contributed by atoms with Crippen LogP contribution in [0.4, 0.5) is 0 Å². The third-order valence-corrected chi connectivity index (χ3v) is 3.12. The zero-order valence-electron chi connectivity index (χ0n) is 9.90. The van der Waals surface area contributed by atoms with Crippen molar-refractivity contribution in [3.8, 4) is 0 Å². The number of nitrogens with one attached hydrogen (secondary N) is 1. The minimum atomic E-state index is -0.0226. The number of halogens is 1. The molecule has 0 aliphatic rings. The lowest BCUT2D eigenvalue weighted by Crippen LogP contribution is -2.25. The van der Waals surface area contributed by atoms with Crippen molar-refractivity contribution in [1.82, 2.24) is 5.32 Å². The first kappa shape index (κ1) is 12.8. The molecule has 0 heterocycles. The molecule has 0 saturated carbocycles. The minimum absolute atomic E-state index is 0.0226. The van der Waals surface area contributed by atoms with Gasteiger partial charge in [0.05, 0.1) is 0 Å². The molecule has 0 fully saturated rings. The molecule has 2 aromatic carbocycles. The van der Waals surface area contributed by atoms with Crippen molar-refractivity contribution in [1.29, 1.82) is 0 Å². The van der Waals surface area contributed by atoms with Crippen LogP contribution >= 0.6 is 15.9 Å². The Morgan fingerprint density at radius 1 is 1.06 bits per heavy atom. The maximum absolute atomic E-state index is 11.8. The Hall–Kier alpha value is -1.61. The standard InChI is InChI=1S/C15H14BrNO/c16-14-8-4-5-12(11-14)9-10-17-15(18)13-6-2-1-3-7-13/h1-8,11H,9-10H2,(H,17,18). The summed E-state index contributed by atoms with van der Waals surface area (Å²) in [6.07, 6.45) is 0.831. The molecule has 0 bridgehead atoms. The number of amides is 1. The molecule has 1 amide bonds. The molecule has 2 nitrogen and oxygen atoms in total. The van der Waals surface area contributed by atoms with Crippen LogP contribution in [0.3, 0.4) is 0 Å². The number of carbonyl (C=O) groups is 1. The Labute approximate surface area is 115 Å². The Bertz CT molecular complexity index is 525. The van der Waals surface area contributed by atoms with Crippen LogP contribution in [0.2, 0.25) is 0 Å². The van der Waals surface area contributed by atoms with Crippen molar-refractivity contribution < 1.29 is 4.79 Å². The number of hydrogen-bond acceptors (Lipinski definition) is 1. The third-order valence-electron chi connectivity index (χ3n) is 2.62. The number of carbonyl (C=O) groups excluding carboxylic acids is 1. The fourth-order valence-corrected chi connectivity index (χ4v) is 2.15. The average Bonchev–Trinajstić information content (AvgIpc) is 2.40. The lowest BCUT2D eigenvalue weighted by atomic mass is 10.1. The molecule has 0 radical (unpaired) electrons. The zero-order chi connectivity index (χ0) is 12.8. The van der Waals surface area contributed by atoms with E-state index in [1.165, 1.54) is 5.56 Å². The molecular weight excluding hydrogens is 290 g/mol. The molecule has 92 valence electrons. The smallest absolute Gasteiger partial charge is 0.251 e. The van der Waals surface area contributed by atoms with Gasteiger partial charge in [0.2, 0.25) is 0 Å². The molecule has 0 spiro atoms. The van der Waals surface area contributed by atoms with Gasteiger partial charge in [-0.05, 0) is 36.2 Å². The van der Waals surface area contributed by atoms with Gasteiger partial charge < -0.3 is 5.32 Å². The lowest BCUT2D eigenvalue weighted by Gasteiger charge is -2.05. The van der Waals surface area contributed by atoms with E-state index >= 15 is 0 Å². The van der Waals surface area contributed by atoms with Crippen LogP contribution in [-0.2, 0) is 6.42 Å². The van der Waals surface area contributed by atoms with E-state index in [9.17, 15) is 4.79 Å². The van der Waals surface area contributed by atoms with Crippen molar-refractivity contribution in [2.75, 3.05) is 6.54 Å². The summed E-state index contributed by atoms with van der Waals surface area (Å²) in [6.45, 7) is 0.643. The Kier molecular flexibility index (Phi) is 4.53. The molecule has 2 rings (SSSR count). The van der Waals surface area contributed by atoms with Gasteiger partial charge in [0.25, 0.3) is 5.91 Å². The summed E-state index contributed by atoms with van der Waals surface area (Å²) in [6, 6.07) is 17.4. The average molecular weight is 304 g/mol. The fraction of sp³-hybridized carbons (Fsp3) is 0.133. The second-order valence-corrected chi connectivity index (χ2v) is 4.92. The summed E-state index contributed by atoms with van der Waals surface area (Å²) in [5, 5.41) is 2.91. The summed E-state index contributed by atoms with van der Waals surface area (Å²) in [4.78, 5) is 11.8. The predicted octanol–water partition coefficient (Wildman–Crippen LogP) is 3.42. The van der Waals surface area contributed by atoms with Gasteiger partial charge in [-0.2, -0.15) is 0 Å². The molecule has 0 atom stereocenters. The topological polar surface area (TPSA) is 29.1 Å². The van der Waals surface area contributed by atoms with Gasteiger partial charge >= 0.3 is 0 Å². The van der Waals surface area contributed by atoms with E-state index in [0.717, 1.165) is 10.9 Å². The van der Waals surface area contributed by atoms with E-state index in [-0.39, 0.29) is 5.91 Å². The van der Waals surface area contributed by atoms with E-state index < -0.39 is 0 Å². The zero-order valence-corrected chi connectivity index (χ0v) is 11.5. The molecular formula is C15H14BrNO. The summed E-state index contributed by atoms with van der Waals surface area (Å²) in [7, 11) is 0. The number of benzene rings is 2. The molecule has 0 aliphatic heterocycles. The normalized spacial score (nSPS) is 10.1. The molecule has 0 unspecified atom stereocenters. The van der Waals surface area contributed by atoms with Crippen LogP contribution in [0.1, 0.15) is 15.9 Å². The fourth-order valence-electron chi connectivity index (χ4n) is 1.70. The third kappa shape index (κ3) is 3.70. The van der Waals surface area contributed by atoms with Gasteiger partial charge in [0.1, 0.15) is 0 Å². The van der Waals surface area contributed by atoms with Crippen LogP contribution < -0.4 is 5.32 Å². The van der Waals surface area contributed by atoms with E-state index in [1.54, 1.807) is 0 Å². The van der Waals surface area contributed by atoms with Crippen LogP contribution in [0, 0.1) is 0 Å². The molecule has 2 aromatic rings. The first-order chi connectivity index (χ1) is 8.75. The van der Waals surface area contributed by atoms with E-state index in [4.69, 9.17) is 0 Å². The van der Waals surface area contributed by atoms with Gasteiger partial charge in [0, 0.05) is 16.6 Å². The van der Waals surface area contributed by atoms with E-state index in [1.807, 2.05) is 42.5 Å². The molecule has 0 saturated heterocycles. The summed E-state index contributed by atoms with van der Waals surface area (Å²) in [5.74, 6) is -0.0226. The van der Waals surface area contributed by atoms with Crippen LogP contribution in [0.15, 0.2) is 59.1 Å². The SMILES string of the molecule is O=C(NCCc1cccc(Br)c1)c1ccccc1. The van der Waals surface area contributed by atoms with Gasteiger partial charge in [-0.25, -0.2) is 0 Å². The monoisotopic (exact) mass is 303 g/mol. The second kappa shape index (κ2) is 6.36. The summed E-state index contributed by atoms with van der Waals surface area (Å²) >= 11 is 3.43. The Balaban J connectivity index is 1.84. The lowest BCUT2D eigenvalue weighted by molar-refractivity contribution is 0.0954. The highest BCUT2D eigenvalue weighted by molar-refractivity contribution is 9.10. The van der Waals surface area contributed by atoms with Crippen LogP contribution in [0.25, 0.3) is 0 Å². The Morgan fingerprint density at radius 2 is 1.83 bits per heavy atom. The van der Waals surface area contributed by atoms with Crippen molar-refractivity contribution in [2.45, 2.75) is 6.42 Å².